The molecule has 0 aliphatic rings. The molecule has 1 radical (unpaired) electrons. The van der Waals surface area contributed by atoms with Gasteiger partial charge in [0.15, 0.2) is 0 Å². The van der Waals surface area contributed by atoms with E-state index in [0.717, 1.165) is 11.1 Å². The summed E-state index contributed by atoms with van der Waals surface area (Å²) in [5.74, 6) is 0. The Balaban J connectivity index is 0.000000200. The molecule has 33 heavy (non-hydrogen) atoms. The summed E-state index contributed by atoms with van der Waals surface area (Å²) in [6.45, 7) is 0. The van der Waals surface area contributed by atoms with E-state index >= 15 is 0 Å². The number of aliphatic hydroxyl groups excluding tert-OH is 2. The average Bonchev–Trinajstić information content (AvgIpc) is 3.36. The summed E-state index contributed by atoms with van der Waals surface area (Å²) in [4.78, 5) is 3.78. The van der Waals surface area contributed by atoms with Gasteiger partial charge in [-0.1, -0.05) is 82.9 Å². The van der Waals surface area contributed by atoms with Crippen molar-refractivity contribution in [3.05, 3.63) is 138 Å². The van der Waals surface area contributed by atoms with E-state index in [2.05, 4.69) is 23.2 Å². The minimum Gasteiger partial charge on any atom is -0.388 e. The van der Waals surface area contributed by atoms with Crippen molar-refractivity contribution in [1.82, 2.24) is 4.98 Å². The number of thiophene rings is 1. The number of benzene rings is 3. The largest absolute Gasteiger partial charge is 0.388 e. The number of nitrogens with zero attached hydrogens (tertiary/aromatic N) is 1. The maximum absolute atomic E-state index is 9.99. The molecule has 0 fully saturated rings. The Morgan fingerprint density at radius 2 is 1.15 bits per heavy atom. The van der Waals surface area contributed by atoms with Crippen LogP contribution in [0.5, 0.6) is 0 Å². The van der Waals surface area contributed by atoms with Crippen molar-refractivity contribution in [2.24, 2.45) is 0 Å². The molecule has 0 aliphatic carbocycles. The first-order chi connectivity index (χ1) is 15.7. The summed E-state index contributed by atoms with van der Waals surface area (Å²) in [7, 11) is 0. The Labute approximate surface area is 212 Å². The smallest absolute Gasteiger partial charge is 0.0818 e. The molecule has 0 aliphatic heterocycles. The number of hydrogen-bond donors (Lipinski definition) is 2. The van der Waals surface area contributed by atoms with Gasteiger partial charge in [0, 0.05) is 38.9 Å². The Hall–Kier alpha value is -2.66. The van der Waals surface area contributed by atoms with Crippen molar-refractivity contribution < 1.29 is 30.3 Å². The first-order valence-corrected chi connectivity index (χ1v) is 11.3. The average molecular weight is 633 g/mol. The second-order valence-corrected chi connectivity index (χ2v) is 7.90. The first-order valence-electron chi connectivity index (χ1n) is 10.4. The van der Waals surface area contributed by atoms with Crippen LogP contribution in [0.2, 0.25) is 0 Å². The number of hydrogen-bond acceptors (Lipinski definition) is 4. The van der Waals surface area contributed by atoms with Crippen LogP contribution in [0.4, 0.5) is 0 Å². The van der Waals surface area contributed by atoms with Crippen LogP contribution in [0.3, 0.4) is 0 Å². The molecule has 5 rings (SSSR count). The molecule has 0 saturated heterocycles. The fourth-order valence-corrected chi connectivity index (χ4v) is 3.72. The normalized spacial score (nSPS) is 11.6. The Kier molecular flexibility index (Phi) is 12.3. The van der Waals surface area contributed by atoms with Crippen LogP contribution in [0.25, 0.3) is 10.1 Å². The molecule has 5 aromatic rings. The molecule has 171 valence electrons. The minimum atomic E-state index is -0.633. The van der Waals surface area contributed by atoms with Crippen molar-refractivity contribution >= 4 is 21.4 Å². The molecule has 0 saturated carbocycles. The van der Waals surface area contributed by atoms with E-state index in [1.165, 1.54) is 10.1 Å². The summed E-state index contributed by atoms with van der Waals surface area (Å²) in [5, 5.41) is 23.2. The van der Waals surface area contributed by atoms with Crippen LogP contribution < -0.4 is 0 Å². The van der Waals surface area contributed by atoms with Gasteiger partial charge in [0.1, 0.15) is 0 Å². The number of aliphatic hydroxyl groups is 2. The van der Waals surface area contributed by atoms with Gasteiger partial charge in [0.05, 0.1) is 12.2 Å². The summed E-state index contributed by atoms with van der Waals surface area (Å²) < 4.78 is 1.32. The van der Waals surface area contributed by atoms with Crippen molar-refractivity contribution in [2.75, 3.05) is 0 Å². The third-order valence-electron chi connectivity index (χ3n) is 4.67. The van der Waals surface area contributed by atoms with E-state index in [1.54, 1.807) is 23.7 Å². The van der Waals surface area contributed by atoms with Gasteiger partial charge < -0.3 is 10.2 Å². The standard InChI is InChI=1S/C15H16O2.C8H5S.C5H5N.Ir/c16-14(12-7-3-1-4-8-12)11-15(17)13-9-5-2-6-10-13;1-2-4-8-7(3-1)5-6-9-8;1-2-4-6-5-3-1;/h1-10,14-17H,11H2;1-4,6H;1-5H;/q;-1;;. The van der Waals surface area contributed by atoms with E-state index in [9.17, 15) is 10.2 Å². The topological polar surface area (TPSA) is 53.4 Å². The predicted molar refractivity (Wildman–Crippen MR) is 132 cm³/mol. The van der Waals surface area contributed by atoms with Gasteiger partial charge in [-0.3, -0.25) is 4.98 Å². The fourth-order valence-electron chi connectivity index (χ4n) is 2.99. The predicted octanol–water partition coefficient (Wildman–Crippen LogP) is 6.62. The zero-order valence-electron chi connectivity index (χ0n) is 18.0. The molecule has 3 aromatic carbocycles. The summed E-state index contributed by atoms with van der Waals surface area (Å²) >= 11 is 1.73. The summed E-state index contributed by atoms with van der Waals surface area (Å²) in [5.41, 5.74) is 1.67. The maximum atomic E-state index is 9.99. The third-order valence-corrected chi connectivity index (χ3v) is 5.51. The second kappa shape index (κ2) is 15.2. The summed E-state index contributed by atoms with van der Waals surface area (Å²) in [6, 6.07) is 35.9. The van der Waals surface area contributed by atoms with Gasteiger partial charge in [-0.05, 0) is 23.3 Å². The van der Waals surface area contributed by atoms with E-state index in [1.807, 2.05) is 96.4 Å². The van der Waals surface area contributed by atoms with E-state index in [4.69, 9.17) is 0 Å². The second-order valence-electron chi connectivity index (χ2n) is 6.99. The fraction of sp³-hybridized carbons (Fsp3) is 0.107. The maximum Gasteiger partial charge on any atom is 0.0818 e. The molecule has 5 heteroatoms. The van der Waals surface area contributed by atoms with Crippen LogP contribution in [0.15, 0.2) is 121 Å². The van der Waals surface area contributed by atoms with Gasteiger partial charge in [-0.2, -0.15) is 17.5 Å². The molecule has 0 bridgehead atoms. The number of fused-ring (bicyclic) bond motifs is 1. The van der Waals surface area contributed by atoms with Gasteiger partial charge in [0.2, 0.25) is 0 Å². The molecule has 2 aromatic heterocycles. The Bertz CT molecular complexity index is 1040. The molecular weight excluding hydrogens is 607 g/mol. The molecule has 2 heterocycles. The van der Waals surface area contributed by atoms with Crippen LogP contribution >= 0.6 is 11.3 Å². The molecular formula is C28H26IrNO2S-. The monoisotopic (exact) mass is 633 g/mol. The Morgan fingerprint density at radius 3 is 1.61 bits per heavy atom. The molecule has 3 nitrogen and oxygen atoms in total. The number of rotatable bonds is 4. The zero-order chi connectivity index (χ0) is 22.4. The van der Waals surface area contributed by atoms with E-state index in [0.29, 0.717) is 6.42 Å². The minimum absolute atomic E-state index is 0. The van der Waals surface area contributed by atoms with Gasteiger partial charge >= 0.3 is 0 Å². The molecule has 0 amide bonds. The summed E-state index contributed by atoms with van der Waals surface area (Å²) in [6.07, 6.45) is 2.55. The number of pyridine rings is 1. The van der Waals surface area contributed by atoms with Crippen LogP contribution in [0, 0.1) is 6.07 Å². The number of aromatic nitrogens is 1. The quantitative estimate of drug-likeness (QED) is 0.219. The van der Waals surface area contributed by atoms with Crippen molar-refractivity contribution in [3.8, 4) is 0 Å². The van der Waals surface area contributed by atoms with Gasteiger partial charge in [-0.25, -0.2) is 11.3 Å². The first kappa shape index (κ1) is 26.6. The van der Waals surface area contributed by atoms with Crippen molar-refractivity contribution in [1.29, 1.82) is 0 Å². The van der Waals surface area contributed by atoms with Crippen LogP contribution in [-0.2, 0) is 20.1 Å². The van der Waals surface area contributed by atoms with Gasteiger partial charge in [0.25, 0.3) is 0 Å². The third kappa shape index (κ3) is 9.38. The molecule has 0 spiro atoms. The molecule has 2 atom stereocenters. The van der Waals surface area contributed by atoms with Gasteiger partial charge in [-0.15, -0.1) is 12.1 Å². The molecule has 2 unspecified atom stereocenters. The van der Waals surface area contributed by atoms with Crippen molar-refractivity contribution in [2.45, 2.75) is 18.6 Å². The van der Waals surface area contributed by atoms with E-state index < -0.39 is 12.2 Å². The Morgan fingerprint density at radius 1 is 0.667 bits per heavy atom. The SMILES string of the molecule is OC(CC(O)c1ccccc1)c1ccccc1.[Ir].[c-]1csc2ccccc12.c1ccncc1. The molecule has 2 N–H and O–H groups in total. The van der Waals surface area contributed by atoms with Crippen LogP contribution in [-0.4, -0.2) is 15.2 Å². The van der Waals surface area contributed by atoms with E-state index in [-0.39, 0.29) is 20.1 Å². The van der Waals surface area contributed by atoms with Crippen LogP contribution in [0.1, 0.15) is 29.8 Å². The van der Waals surface area contributed by atoms with Crippen molar-refractivity contribution in [3.63, 3.8) is 0 Å². The zero-order valence-corrected chi connectivity index (χ0v) is 21.2.